The molecule has 2 aromatic heterocycles. The number of aromatic nitrogens is 2. The van der Waals surface area contributed by atoms with Gasteiger partial charge in [0.25, 0.3) is 11.5 Å². The second-order valence-corrected chi connectivity index (χ2v) is 8.36. The van der Waals surface area contributed by atoms with E-state index in [1.807, 2.05) is 6.07 Å². The molecule has 2 N–H and O–H groups in total. The third-order valence-corrected chi connectivity index (χ3v) is 6.14. The SMILES string of the molecule is Cc1c(C(=O)Nc2ccccc2)sc2ncn(CC(=O)Nc3cccc(C(F)(F)F)c3)c(=O)c12. The van der Waals surface area contributed by atoms with Crippen LogP contribution in [0.3, 0.4) is 0 Å². The quantitative estimate of drug-likeness (QED) is 0.429. The smallest absolute Gasteiger partial charge is 0.325 e. The molecule has 0 fully saturated rings. The van der Waals surface area contributed by atoms with Crippen molar-refractivity contribution in [2.24, 2.45) is 0 Å². The van der Waals surface area contributed by atoms with Crippen LogP contribution in [0.1, 0.15) is 20.8 Å². The monoisotopic (exact) mass is 486 g/mol. The Balaban J connectivity index is 1.56. The van der Waals surface area contributed by atoms with Crippen molar-refractivity contribution in [2.45, 2.75) is 19.6 Å². The fraction of sp³-hybridized carbons (Fsp3) is 0.130. The lowest BCUT2D eigenvalue weighted by molar-refractivity contribution is -0.137. The number of rotatable bonds is 5. The van der Waals surface area contributed by atoms with E-state index in [0.29, 0.717) is 21.0 Å². The largest absolute Gasteiger partial charge is 0.416 e. The molecule has 0 atom stereocenters. The van der Waals surface area contributed by atoms with Gasteiger partial charge in [0.05, 0.1) is 22.2 Å². The van der Waals surface area contributed by atoms with E-state index in [4.69, 9.17) is 0 Å². The number of carbonyl (C=O) groups is 2. The number of alkyl halides is 3. The molecule has 4 rings (SSSR count). The van der Waals surface area contributed by atoms with Gasteiger partial charge in [-0.3, -0.25) is 19.0 Å². The standard InChI is InChI=1S/C23H17F3N4O3S/c1-13-18-21(34-19(13)20(32)29-15-7-3-2-4-8-15)27-12-30(22(18)33)11-17(31)28-16-9-5-6-14(10-16)23(24,25)26/h2-10,12H,11H2,1H3,(H,28,31)(H,29,32). The summed E-state index contributed by atoms with van der Waals surface area (Å²) >= 11 is 1.06. The van der Waals surface area contributed by atoms with E-state index >= 15 is 0 Å². The highest BCUT2D eigenvalue weighted by Gasteiger charge is 2.30. The average molecular weight is 486 g/mol. The number of carbonyl (C=O) groups excluding carboxylic acids is 2. The van der Waals surface area contributed by atoms with Gasteiger partial charge in [0.15, 0.2) is 0 Å². The molecule has 2 aromatic carbocycles. The van der Waals surface area contributed by atoms with Crippen molar-refractivity contribution in [3.05, 3.63) is 87.3 Å². The van der Waals surface area contributed by atoms with Gasteiger partial charge in [-0.05, 0) is 42.8 Å². The molecule has 2 heterocycles. The fourth-order valence-electron chi connectivity index (χ4n) is 3.33. The highest BCUT2D eigenvalue weighted by Crippen LogP contribution is 2.31. The number of para-hydroxylation sites is 1. The number of fused-ring (bicyclic) bond motifs is 1. The first-order valence-corrected chi connectivity index (χ1v) is 10.8. The molecule has 2 amide bonds. The first kappa shape index (κ1) is 23.2. The zero-order valence-corrected chi connectivity index (χ0v) is 18.5. The molecule has 0 bridgehead atoms. The van der Waals surface area contributed by atoms with Gasteiger partial charge in [0.1, 0.15) is 11.4 Å². The van der Waals surface area contributed by atoms with E-state index in [-0.39, 0.29) is 17.0 Å². The van der Waals surface area contributed by atoms with E-state index in [1.54, 1.807) is 31.2 Å². The first-order valence-electron chi connectivity index (χ1n) is 9.95. The van der Waals surface area contributed by atoms with Crippen LogP contribution in [-0.4, -0.2) is 21.4 Å². The van der Waals surface area contributed by atoms with Crippen LogP contribution < -0.4 is 16.2 Å². The number of anilines is 2. The summed E-state index contributed by atoms with van der Waals surface area (Å²) in [6, 6.07) is 13.0. The summed E-state index contributed by atoms with van der Waals surface area (Å²) in [7, 11) is 0. The summed E-state index contributed by atoms with van der Waals surface area (Å²) in [5.74, 6) is -1.09. The van der Waals surface area contributed by atoms with Crippen molar-refractivity contribution in [2.75, 3.05) is 10.6 Å². The molecule has 7 nitrogen and oxygen atoms in total. The lowest BCUT2D eigenvalue weighted by Crippen LogP contribution is -2.28. The van der Waals surface area contributed by atoms with Gasteiger partial charge in [-0.25, -0.2) is 4.98 Å². The highest BCUT2D eigenvalue weighted by molar-refractivity contribution is 7.20. The maximum absolute atomic E-state index is 13.0. The summed E-state index contributed by atoms with van der Waals surface area (Å²) < 4.78 is 39.7. The molecule has 0 radical (unpaired) electrons. The molecule has 0 aliphatic carbocycles. The highest BCUT2D eigenvalue weighted by atomic mass is 32.1. The molecule has 0 spiro atoms. The van der Waals surface area contributed by atoms with Crippen LogP contribution in [0.15, 0.2) is 65.7 Å². The topological polar surface area (TPSA) is 93.1 Å². The Morgan fingerprint density at radius 2 is 1.74 bits per heavy atom. The lowest BCUT2D eigenvalue weighted by atomic mass is 10.2. The summed E-state index contributed by atoms with van der Waals surface area (Å²) in [4.78, 5) is 42.9. The molecule has 0 aliphatic heterocycles. The molecule has 174 valence electrons. The molecule has 34 heavy (non-hydrogen) atoms. The van der Waals surface area contributed by atoms with Gasteiger partial charge in [-0.2, -0.15) is 13.2 Å². The molecule has 4 aromatic rings. The zero-order valence-electron chi connectivity index (χ0n) is 17.6. The van der Waals surface area contributed by atoms with Crippen molar-refractivity contribution in [1.29, 1.82) is 0 Å². The van der Waals surface area contributed by atoms with Gasteiger partial charge < -0.3 is 10.6 Å². The van der Waals surface area contributed by atoms with Gasteiger partial charge in [-0.15, -0.1) is 11.3 Å². The van der Waals surface area contributed by atoms with Crippen molar-refractivity contribution in [3.63, 3.8) is 0 Å². The van der Waals surface area contributed by atoms with Crippen molar-refractivity contribution in [1.82, 2.24) is 9.55 Å². The van der Waals surface area contributed by atoms with Gasteiger partial charge in [-0.1, -0.05) is 24.3 Å². The van der Waals surface area contributed by atoms with E-state index in [2.05, 4.69) is 15.6 Å². The van der Waals surface area contributed by atoms with E-state index in [1.165, 1.54) is 18.5 Å². The Bertz CT molecular complexity index is 1450. The van der Waals surface area contributed by atoms with Crippen molar-refractivity contribution in [3.8, 4) is 0 Å². The van der Waals surface area contributed by atoms with Gasteiger partial charge in [0.2, 0.25) is 5.91 Å². The predicted molar refractivity (Wildman–Crippen MR) is 123 cm³/mol. The van der Waals surface area contributed by atoms with E-state index in [0.717, 1.165) is 28.0 Å². The fourth-order valence-corrected chi connectivity index (χ4v) is 4.36. The molecule has 0 saturated carbocycles. The molecule has 0 aliphatic rings. The maximum Gasteiger partial charge on any atom is 0.416 e. The van der Waals surface area contributed by atoms with Crippen molar-refractivity contribution >= 4 is 44.7 Å². The molecule has 0 saturated heterocycles. The molecule has 11 heteroatoms. The molecule has 0 unspecified atom stereocenters. The zero-order chi connectivity index (χ0) is 24.5. The van der Waals surface area contributed by atoms with Crippen LogP contribution in [0.25, 0.3) is 10.2 Å². The maximum atomic E-state index is 13.0. The first-order chi connectivity index (χ1) is 16.1. The van der Waals surface area contributed by atoms with Crippen LogP contribution in [-0.2, 0) is 17.5 Å². The summed E-state index contributed by atoms with van der Waals surface area (Å²) in [6.07, 6.45) is -3.38. The predicted octanol–water partition coefficient (Wildman–Crippen LogP) is 4.68. The van der Waals surface area contributed by atoms with Gasteiger partial charge in [0, 0.05) is 11.4 Å². The van der Waals surface area contributed by atoms with Crippen LogP contribution in [0, 0.1) is 6.92 Å². The summed E-state index contributed by atoms with van der Waals surface area (Å²) in [5, 5.41) is 5.32. The van der Waals surface area contributed by atoms with Crippen LogP contribution in [0.2, 0.25) is 0 Å². The number of nitrogens with one attached hydrogen (secondary N) is 2. The van der Waals surface area contributed by atoms with E-state index in [9.17, 15) is 27.6 Å². The second kappa shape index (κ2) is 9.10. The van der Waals surface area contributed by atoms with Crippen LogP contribution in [0.5, 0.6) is 0 Å². The number of hydrogen-bond acceptors (Lipinski definition) is 5. The summed E-state index contributed by atoms with van der Waals surface area (Å²) in [6.45, 7) is 1.16. The molecular formula is C23H17F3N4O3S. The molecular weight excluding hydrogens is 469 g/mol. The second-order valence-electron chi connectivity index (χ2n) is 7.36. The van der Waals surface area contributed by atoms with Crippen LogP contribution >= 0.6 is 11.3 Å². The minimum Gasteiger partial charge on any atom is -0.325 e. The number of hydrogen-bond donors (Lipinski definition) is 2. The minimum absolute atomic E-state index is 0.0477. The van der Waals surface area contributed by atoms with Gasteiger partial charge >= 0.3 is 6.18 Å². The number of halogens is 3. The normalized spacial score (nSPS) is 11.4. The Morgan fingerprint density at radius 1 is 1.03 bits per heavy atom. The number of nitrogens with zero attached hydrogens (tertiary/aromatic N) is 2. The minimum atomic E-state index is -4.55. The third-order valence-electron chi connectivity index (χ3n) is 4.94. The average Bonchev–Trinajstić information content (AvgIpc) is 3.13. The number of amides is 2. The Morgan fingerprint density at radius 3 is 2.44 bits per heavy atom. The Labute approximate surface area is 194 Å². The lowest BCUT2D eigenvalue weighted by Gasteiger charge is -2.10. The Kier molecular flexibility index (Phi) is 6.20. The summed E-state index contributed by atoms with van der Waals surface area (Å²) in [5.41, 5.74) is -0.453. The number of benzene rings is 2. The van der Waals surface area contributed by atoms with Crippen molar-refractivity contribution < 1.29 is 22.8 Å². The third kappa shape index (κ3) is 4.84. The van der Waals surface area contributed by atoms with E-state index < -0.39 is 29.8 Å². The number of aryl methyl sites for hydroxylation is 1. The van der Waals surface area contributed by atoms with Crippen LogP contribution in [0.4, 0.5) is 24.5 Å². The Hall–Kier alpha value is -3.99. The number of thiophene rings is 1.